The topological polar surface area (TPSA) is 26.0 Å². The van der Waals surface area contributed by atoms with Gasteiger partial charge in [-0.1, -0.05) is 76.3 Å². The van der Waals surface area contributed by atoms with Gasteiger partial charge in [-0.05, 0) is 85.3 Å². The van der Waals surface area contributed by atoms with Gasteiger partial charge in [0.05, 0.1) is 0 Å². The molecule has 1 nitrogen and oxygen atoms in total. The highest BCUT2D eigenvalue weighted by atomic mass is 14.7. The molecule has 0 saturated heterocycles. The molecule has 0 unspecified atom stereocenters. The van der Waals surface area contributed by atoms with Crippen molar-refractivity contribution in [3.8, 4) is 0 Å². The summed E-state index contributed by atoms with van der Waals surface area (Å²) in [6, 6.07) is 2.46. The molecule has 152 valence electrons. The van der Waals surface area contributed by atoms with Crippen LogP contribution in [0.25, 0.3) is 0 Å². The second kappa shape index (κ2) is 9.09. The van der Waals surface area contributed by atoms with Crippen molar-refractivity contribution in [2.24, 2.45) is 5.73 Å². The van der Waals surface area contributed by atoms with Crippen LogP contribution in [0.1, 0.15) is 88.1 Å². The third-order valence-electron chi connectivity index (χ3n) is 5.60. The molecule has 0 fully saturated rings. The van der Waals surface area contributed by atoms with E-state index in [0.717, 1.165) is 30.4 Å². The first-order valence-electron chi connectivity index (χ1n) is 10.7. The van der Waals surface area contributed by atoms with E-state index in [1.807, 2.05) is 6.92 Å². The number of hydrogen-bond donors (Lipinski definition) is 1. The molecule has 0 bridgehead atoms. The van der Waals surface area contributed by atoms with E-state index in [2.05, 4.69) is 84.6 Å². The predicted molar refractivity (Wildman–Crippen MR) is 125 cm³/mol. The molecule has 0 spiro atoms. The van der Waals surface area contributed by atoms with Crippen molar-refractivity contribution in [1.29, 1.82) is 0 Å². The molecule has 0 radical (unpaired) electrons. The van der Waals surface area contributed by atoms with Gasteiger partial charge < -0.3 is 5.73 Å². The number of hydrogen-bond acceptors (Lipinski definition) is 1. The van der Waals surface area contributed by atoms with Crippen LogP contribution >= 0.6 is 0 Å². The van der Waals surface area contributed by atoms with E-state index in [1.54, 1.807) is 11.1 Å². The van der Waals surface area contributed by atoms with Crippen molar-refractivity contribution < 1.29 is 0 Å². The van der Waals surface area contributed by atoms with Gasteiger partial charge in [-0.25, -0.2) is 0 Å². The van der Waals surface area contributed by atoms with E-state index in [4.69, 9.17) is 5.73 Å². The summed E-state index contributed by atoms with van der Waals surface area (Å²) < 4.78 is 0. The Kier molecular flexibility index (Phi) is 7.28. The van der Waals surface area contributed by atoms with Crippen LogP contribution in [0.2, 0.25) is 0 Å². The third kappa shape index (κ3) is 5.14. The summed E-state index contributed by atoms with van der Waals surface area (Å²) in [5.41, 5.74) is 15.8. The van der Waals surface area contributed by atoms with E-state index >= 15 is 0 Å². The smallest absolute Gasteiger partial charge is 0.0352 e. The first-order valence-corrected chi connectivity index (χ1v) is 10.7. The molecule has 28 heavy (non-hydrogen) atoms. The monoisotopic (exact) mass is 377 g/mol. The molecule has 0 atom stereocenters. The molecule has 0 aromatic heterocycles. The quantitative estimate of drug-likeness (QED) is 0.405. The van der Waals surface area contributed by atoms with Gasteiger partial charge in [0.2, 0.25) is 0 Å². The van der Waals surface area contributed by atoms with Gasteiger partial charge in [0.15, 0.2) is 0 Å². The highest BCUT2D eigenvalue weighted by Gasteiger charge is 2.22. The van der Waals surface area contributed by atoms with Gasteiger partial charge in [-0.2, -0.15) is 0 Å². The highest BCUT2D eigenvalue weighted by molar-refractivity contribution is 5.53. The van der Waals surface area contributed by atoms with Crippen LogP contribution in [0.4, 0.5) is 0 Å². The molecule has 2 rings (SSSR count). The summed E-state index contributed by atoms with van der Waals surface area (Å²) in [5.74, 6) is 1.01. The molecule has 1 aromatic carbocycles. The maximum absolute atomic E-state index is 6.39. The fraction of sp³-hybridized carbons (Fsp3) is 0.481. The molecule has 0 heterocycles. The lowest BCUT2D eigenvalue weighted by Gasteiger charge is -2.27. The maximum atomic E-state index is 6.39. The van der Waals surface area contributed by atoms with E-state index < -0.39 is 0 Å². The summed E-state index contributed by atoms with van der Waals surface area (Å²) in [6.07, 6.45) is 14.0. The molecule has 1 aliphatic rings. The van der Waals surface area contributed by atoms with Crippen LogP contribution in [0.15, 0.2) is 54.2 Å². The Balaban J connectivity index is 2.57. The molecule has 2 N–H and O–H groups in total. The zero-order chi connectivity index (χ0) is 21.1. The predicted octanol–water partition coefficient (Wildman–Crippen LogP) is 6.93. The second-order valence-corrected chi connectivity index (χ2v) is 9.34. The highest BCUT2D eigenvalue weighted by Crippen LogP contribution is 2.37. The average molecular weight is 378 g/mol. The van der Waals surface area contributed by atoms with Crippen LogP contribution in [0, 0.1) is 0 Å². The van der Waals surface area contributed by atoms with Crippen LogP contribution in [0.3, 0.4) is 0 Å². The molecular formula is C27H39N. The Labute approximate surface area is 173 Å². The average Bonchev–Trinajstić information content (AvgIpc) is 2.59. The molecule has 0 aliphatic heterocycles. The number of nitrogens with two attached hydrogens (primary N) is 1. The van der Waals surface area contributed by atoms with Crippen LogP contribution < -0.4 is 5.73 Å². The molecular weight excluding hydrogens is 338 g/mol. The molecule has 1 heteroatoms. The minimum absolute atomic E-state index is 0.377. The Morgan fingerprint density at radius 1 is 1.14 bits per heavy atom. The summed E-state index contributed by atoms with van der Waals surface area (Å²) in [5, 5.41) is 0. The fourth-order valence-electron chi connectivity index (χ4n) is 4.24. The lowest BCUT2D eigenvalue weighted by Crippen LogP contribution is -2.33. The van der Waals surface area contributed by atoms with Gasteiger partial charge in [-0.3, -0.25) is 0 Å². The van der Waals surface area contributed by atoms with Crippen molar-refractivity contribution in [3.63, 3.8) is 0 Å². The minimum Gasteiger partial charge on any atom is -0.322 e. The van der Waals surface area contributed by atoms with Crippen molar-refractivity contribution in [3.05, 3.63) is 82.0 Å². The maximum Gasteiger partial charge on any atom is 0.0352 e. The van der Waals surface area contributed by atoms with Gasteiger partial charge in [-0.15, -0.1) is 0 Å². The number of rotatable bonds is 7. The van der Waals surface area contributed by atoms with Crippen LogP contribution in [-0.4, -0.2) is 5.54 Å². The Morgan fingerprint density at radius 3 is 2.32 bits per heavy atom. The van der Waals surface area contributed by atoms with Gasteiger partial charge in [0.1, 0.15) is 0 Å². The zero-order valence-corrected chi connectivity index (χ0v) is 19.0. The normalized spacial score (nSPS) is 15.0. The Bertz CT molecular complexity index is 808. The summed E-state index contributed by atoms with van der Waals surface area (Å²) >= 11 is 0. The lowest BCUT2D eigenvalue weighted by molar-refractivity contribution is 0.625. The van der Waals surface area contributed by atoms with E-state index in [-0.39, 0.29) is 5.54 Å². The third-order valence-corrected chi connectivity index (χ3v) is 5.60. The Hall–Kier alpha value is -1.86. The van der Waals surface area contributed by atoms with Crippen LogP contribution in [-0.2, 0) is 19.3 Å². The number of fused-ring (bicyclic) bond motifs is 1. The van der Waals surface area contributed by atoms with Gasteiger partial charge >= 0.3 is 0 Å². The summed E-state index contributed by atoms with van der Waals surface area (Å²) in [6.45, 7) is 19.8. The van der Waals surface area contributed by atoms with E-state index in [9.17, 15) is 0 Å². The summed E-state index contributed by atoms with van der Waals surface area (Å²) in [4.78, 5) is 0. The first kappa shape index (κ1) is 22.4. The van der Waals surface area contributed by atoms with Gasteiger partial charge in [0.25, 0.3) is 0 Å². The van der Waals surface area contributed by atoms with E-state index in [0.29, 0.717) is 11.8 Å². The second-order valence-electron chi connectivity index (χ2n) is 9.34. The van der Waals surface area contributed by atoms with Crippen molar-refractivity contribution >= 4 is 0 Å². The summed E-state index contributed by atoms with van der Waals surface area (Å²) in [7, 11) is 0. The SMILES string of the molecule is C=C(/C=C(\C=C/C)C(C)(C)N)Cc1c(C(C)C)cc2c(c1C(C)C)CC=CC2. The van der Waals surface area contributed by atoms with E-state index in [1.165, 1.54) is 16.7 Å². The fourth-order valence-corrected chi connectivity index (χ4v) is 4.24. The number of allylic oxidation sites excluding steroid dienone is 5. The van der Waals surface area contributed by atoms with Crippen LogP contribution in [0.5, 0.6) is 0 Å². The minimum atomic E-state index is -0.377. The first-order chi connectivity index (χ1) is 13.1. The standard InChI is InChI=1S/C27H39N/c1-9-12-22(27(7,8)28)15-20(6)16-25-24(18(2)3)17-21-13-10-11-14-23(21)26(25)19(4)5/h9-12,15,17-19H,6,13-14,16,28H2,1-5,7-8H3/b12-9-,22-15+. The lowest BCUT2D eigenvalue weighted by atomic mass is 9.77. The molecule has 1 aromatic rings. The largest absolute Gasteiger partial charge is 0.322 e. The molecule has 0 amide bonds. The molecule has 0 saturated carbocycles. The molecule has 1 aliphatic carbocycles. The van der Waals surface area contributed by atoms with Crippen molar-refractivity contribution in [1.82, 2.24) is 0 Å². The zero-order valence-electron chi connectivity index (χ0n) is 19.0. The van der Waals surface area contributed by atoms with Crippen molar-refractivity contribution in [2.75, 3.05) is 0 Å². The van der Waals surface area contributed by atoms with Gasteiger partial charge in [0, 0.05) is 5.54 Å². The van der Waals surface area contributed by atoms with Crippen molar-refractivity contribution in [2.45, 2.75) is 85.1 Å². The number of benzene rings is 1. The Morgan fingerprint density at radius 2 is 1.79 bits per heavy atom.